The second-order valence-electron chi connectivity index (χ2n) is 10.2. The highest BCUT2D eigenvalue weighted by molar-refractivity contribution is 5.94. The molecule has 1 N–H and O–H groups in total. The highest BCUT2D eigenvalue weighted by Crippen LogP contribution is 2.36. The summed E-state index contributed by atoms with van der Waals surface area (Å²) >= 11 is 0. The van der Waals surface area contributed by atoms with Crippen molar-refractivity contribution < 1.29 is 4.79 Å². The Morgan fingerprint density at radius 3 is 2.44 bits per heavy atom. The molecule has 0 radical (unpaired) electrons. The Kier molecular flexibility index (Phi) is 6.97. The quantitative estimate of drug-likeness (QED) is 0.672. The minimum absolute atomic E-state index is 0.0322. The van der Waals surface area contributed by atoms with E-state index in [0.717, 1.165) is 68.3 Å². The number of anilines is 2. The largest absolute Gasteiger partial charge is 0.378 e. The SMILES string of the molecule is CN(C)c1ccc(C(=O)NC[C@H]2C[C@@H]3CCN2C[C@@H]3CN2CCN(c3ncccn3)CC2)cc1. The Bertz CT molecular complexity index is 943. The first-order valence-electron chi connectivity index (χ1n) is 12.6. The monoisotopic (exact) mass is 463 g/mol. The maximum absolute atomic E-state index is 12.7. The predicted molar refractivity (Wildman–Crippen MR) is 135 cm³/mol. The molecule has 1 unspecified atom stereocenters. The summed E-state index contributed by atoms with van der Waals surface area (Å²) in [5.74, 6) is 2.38. The molecule has 5 heterocycles. The van der Waals surface area contributed by atoms with Crippen molar-refractivity contribution in [2.24, 2.45) is 11.8 Å². The normalized spacial score (nSPS) is 26.9. The molecule has 2 bridgehead atoms. The standard InChI is InChI=1S/C26H37N7O/c1-30(2)23-6-4-20(5-7-23)25(34)29-17-24-16-21-8-11-33(24)19-22(21)18-31-12-14-32(15-13-31)26-27-9-3-10-28-26/h3-7,9-10,21-22,24H,8,11-19H2,1-2H3,(H,29,34)/t21-,22-,24+/m0/s1. The van der Waals surface area contributed by atoms with Crippen LogP contribution in [0.2, 0.25) is 0 Å². The van der Waals surface area contributed by atoms with Crippen LogP contribution in [-0.2, 0) is 0 Å². The Hall–Kier alpha value is -2.71. The van der Waals surface area contributed by atoms with Crippen molar-refractivity contribution in [2.45, 2.75) is 18.9 Å². The molecule has 34 heavy (non-hydrogen) atoms. The van der Waals surface area contributed by atoms with Crippen molar-refractivity contribution in [1.29, 1.82) is 0 Å². The molecular weight excluding hydrogens is 426 g/mol. The first-order chi connectivity index (χ1) is 16.6. The van der Waals surface area contributed by atoms with Crippen molar-refractivity contribution >= 4 is 17.5 Å². The summed E-state index contributed by atoms with van der Waals surface area (Å²) in [5, 5.41) is 3.20. The van der Waals surface area contributed by atoms with E-state index in [9.17, 15) is 4.79 Å². The highest BCUT2D eigenvalue weighted by atomic mass is 16.1. The third-order valence-corrected chi connectivity index (χ3v) is 7.86. The molecule has 2 aromatic rings. The van der Waals surface area contributed by atoms with Crippen LogP contribution in [0.5, 0.6) is 0 Å². The van der Waals surface area contributed by atoms with E-state index in [2.05, 4.69) is 30.0 Å². The summed E-state index contributed by atoms with van der Waals surface area (Å²) in [5.41, 5.74) is 1.84. The number of rotatable bonds is 7. The van der Waals surface area contributed by atoms with Crippen molar-refractivity contribution in [3.05, 3.63) is 48.3 Å². The molecule has 4 atom stereocenters. The van der Waals surface area contributed by atoms with Gasteiger partial charge in [-0.3, -0.25) is 14.6 Å². The second-order valence-corrected chi connectivity index (χ2v) is 10.2. The fraction of sp³-hybridized carbons (Fsp3) is 0.577. The number of fused-ring (bicyclic) bond motifs is 3. The second kappa shape index (κ2) is 10.3. The first-order valence-corrected chi connectivity index (χ1v) is 12.6. The lowest BCUT2D eigenvalue weighted by Gasteiger charge is -2.51. The number of piperidine rings is 3. The molecule has 8 heteroatoms. The van der Waals surface area contributed by atoms with Gasteiger partial charge in [-0.1, -0.05) is 0 Å². The Morgan fingerprint density at radius 2 is 1.79 bits per heavy atom. The van der Waals surface area contributed by atoms with E-state index in [1.54, 1.807) is 0 Å². The summed E-state index contributed by atoms with van der Waals surface area (Å²) in [7, 11) is 4.02. The van der Waals surface area contributed by atoms with Gasteiger partial charge < -0.3 is 15.1 Å². The molecule has 4 saturated heterocycles. The number of aromatic nitrogens is 2. The average molecular weight is 464 g/mol. The fourth-order valence-corrected chi connectivity index (χ4v) is 5.81. The molecule has 4 aliphatic heterocycles. The van der Waals surface area contributed by atoms with E-state index in [0.29, 0.717) is 6.04 Å². The van der Waals surface area contributed by atoms with Crippen LogP contribution in [-0.4, -0.2) is 98.2 Å². The molecule has 0 spiro atoms. The van der Waals surface area contributed by atoms with Gasteiger partial charge in [0, 0.05) is 89.6 Å². The van der Waals surface area contributed by atoms with E-state index in [-0.39, 0.29) is 5.91 Å². The van der Waals surface area contributed by atoms with Gasteiger partial charge in [-0.15, -0.1) is 0 Å². The zero-order valence-electron chi connectivity index (χ0n) is 20.4. The third-order valence-electron chi connectivity index (χ3n) is 7.86. The molecular formula is C26H37N7O. The number of nitrogens with one attached hydrogen (secondary N) is 1. The summed E-state index contributed by atoms with van der Waals surface area (Å²) < 4.78 is 0. The Balaban J connectivity index is 1.08. The van der Waals surface area contributed by atoms with Crippen LogP contribution in [0.1, 0.15) is 23.2 Å². The van der Waals surface area contributed by atoms with Crippen LogP contribution in [0.25, 0.3) is 0 Å². The van der Waals surface area contributed by atoms with Crippen LogP contribution in [0, 0.1) is 11.8 Å². The number of piperazine rings is 1. The van der Waals surface area contributed by atoms with Gasteiger partial charge in [0.25, 0.3) is 5.91 Å². The molecule has 1 amide bonds. The van der Waals surface area contributed by atoms with Gasteiger partial charge in [-0.25, -0.2) is 9.97 Å². The molecule has 182 valence electrons. The third kappa shape index (κ3) is 5.18. The Labute approximate surface area is 203 Å². The van der Waals surface area contributed by atoms with Crippen LogP contribution >= 0.6 is 0 Å². The van der Waals surface area contributed by atoms with Crippen LogP contribution in [0.3, 0.4) is 0 Å². The van der Waals surface area contributed by atoms with Gasteiger partial charge in [-0.2, -0.15) is 0 Å². The van der Waals surface area contributed by atoms with Crippen molar-refractivity contribution in [3.8, 4) is 0 Å². The molecule has 6 rings (SSSR count). The number of nitrogens with zero attached hydrogens (tertiary/aromatic N) is 6. The molecule has 0 aliphatic carbocycles. The molecule has 0 saturated carbocycles. The lowest BCUT2D eigenvalue weighted by molar-refractivity contribution is -0.0120. The van der Waals surface area contributed by atoms with E-state index in [4.69, 9.17) is 0 Å². The van der Waals surface area contributed by atoms with Crippen molar-refractivity contribution in [2.75, 3.05) is 76.3 Å². The van der Waals surface area contributed by atoms with Crippen molar-refractivity contribution in [1.82, 2.24) is 25.1 Å². The van der Waals surface area contributed by atoms with Crippen LogP contribution < -0.4 is 15.1 Å². The molecule has 4 fully saturated rings. The number of benzene rings is 1. The van der Waals surface area contributed by atoms with Crippen molar-refractivity contribution in [3.63, 3.8) is 0 Å². The first kappa shape index (κ1) is 23.1. The molecule has 8 nitrogen and oxygen atoms in total. The summed E-state index contributed by atoms with van der Waals surface area (Å²) in [6.45, 7) is 8.39. The fourth-order valence-electron chi connectivity index (χ4n) is 5.81. The molecule has 1 aromatic carbocycles. The Morgan fingerprint density at radius 1 is 1.06 bits per heavy atom. The molecule has 4 aliphatic rings. The van der Waals surface area contributed by atoms with Crippen LogP contribution in [0.4, 0.5) is 11.6 Å². The smallest absolute Gasteiger partial charge is 0.251 e. The van der Waals surface area contributed by atoms with E-state index in [1.165, 1.54) is 25.9 Å². The lowest BCUT2D eigenvalue weighted by Crippen LogP contribution is -2.59. The maximum atomic E-state index is 12.7. The van der Waals surface area contributed by atoms with Gasteiger partial charge in [-0.05, 0) is 61.6 Å². The zero-order chi connectivity index (χ0) is 23.5. The average Bonchev–Trinajstić information content (AvgIpc) is 2.89. The van der Waals surface area contributed by atoms with Gasteiger partial charge in [0.1, 0.15) is 0 Å². The van der Waals surface area contributed by atoms with E-state index in [1.807, 2.05) is 61.7 Å². The molecule has 1 aromatic heterocycles. The zero-order valence-corrected chi connectivity index (χ0v) is 20.4. The summed E-state index contributed by atoms with van der Waals surface area (Å²) in [6, 6.07) is 10.2. The number of hydrogen-bond donors (Lipinski definition) is 1. The van der Waals surface area contributed by atoms with E-state index < -0.39 is 0 Å². The number of carbonyl (C=O) groups is 1. The van der Waals surface area contributed by atoms with Gasteiger partial charge in [0.15, 0.2) is 0 Å². The van der Waals surface area contributed by atoms with Gasteiger partial charge >= 0.3 is 0 Å². The topological polar surface area (TPSA) is 67.8 Å². The minimum Gasteiger partial charge on any atom is -0.378 e. The lowest BCUT2D eigenvalue weighted by atomic mass is 9.75. The van der Waals surface area contributed by atoms with Gasteiger partial charge in [0.05, 0.1) is 0 Å². The summed E-state index contributed by atoms with van der Waals surface area (Å²) in [6.07, 6.45) is 6.13. The number of carbonyl (C=O) groups excluding carboxylic acids is 1. The minimum atomic E-state index is 0.0322. The number of amides is 1. The number of hydrogen-bond acceptors (Lipinski definition) is 7. The highest BCUT2D eigenvalue weighted by Gasteiger charge is 2.40. The van der Waals surface area contributed by atoms with Crippen LogP contribution in [0.15, 0.2) is 42.7 Å². The van der Waals surface area contributed by atoms with Gasteiger partial charge in [0.2, 0.25) is 5.95 Å². The summed E-state index contributed by atoms with van der Waals surface area (Å²) in [4.78, 5) is 31.0. The predicted octanol–water partition coefficient (Wildman–Crippen LogP) is 1.81. The van der Waals surface area contributed by atoms with E-state index >= 15 is 0 Å². The maximum Gasteiger partial charge on any atom is 0.251 e.